The van der Waals surface area contributed by atoms with Gasteiger partial charge in [0.2, 0.25) is 5.11 Å². The molecule has 1 aliphatic heterocycles. The minimum atomic E-state index is -3.97. The zero-order valence-corrected chi connectivity index (χ0v) is 18.5. The van der Waals surface area contributed by atoms with Crippen molar-refractivity contribution in [3.8, 4) is 0 Å². The molecule has 0 aliphatic carbocycles. The van der Waals surface area contributed by atoms with E-state index in [2.05, 4.69) is 9.82 Å². The minimum absolute atomic E-state index is 0.0609. The normalized spacial score (nSPS) is 16.1. The number of hydrazone groups is 1. The summed E-state index contributed by atoms with van der Waals surface area (Å²) in [6.45, 7) is 0.368. The molecule has 0 saturated heterocycles. The number of rotatable bonds is 4. The number of halogens is 2. The van der Waals surface area contributed by atoms with Gasteiger partial charge in [-0.25, -0.2) is 17.8 Å². The zero-order valence-electron chi connectivity index (χ0n) is 16.1. The van der Waals surface area contributed by atoms with Crippen LogP contribution < -0.4 is 4.72 Å². The Balaban J connectivity index is 1.62. The van der Waals surface area contributed by atoms with E-state index in [-0.39, 0.29) is 15.9 Å². The van der Waals surface area contributed by atoms with Crippen LogP contribution in [0.3, 0.4) is 0 Å². The summed E-state index contributed by atoms with van der Waals surface area (Å²) in [6, 6.07) is 21.6. The molecule has 1 heterocycles. The molecule has 1 atom stereocenters. The van der Waals surface area contributed by atoms with Crippen molar-refractivity contribution in [3.05, 3.63) is 101 Å². The van der Waals surface area contributed by atoms with Crippen molar-refractivity contribution >= 4 is 44.7 Å². The third kappa shape index (κ3) is 4.76. The first-order valence-corrected chi connectivity index (χ1v) is 11.6. The molecule has 0 saturated carbocycles. The minimum Gasteiger partial charge on any atom is -0.254 e. The first-order chi connectivity index (χ1) is 14.8. The van der Waals surface area contributed by atoms with Gasteiger partial charge in [-0.05, 0) is 59.7 Å². The zero-order chi connectivity index (χ0) is 22.0. The maximum Gasteiger partial charge on any atom is 0.263 e. The summed E-state index contributed by atoms with van der Waals surface area (Å²) in [4.78, 5) is -0.0861. The Morgan fingerprint density at radius 2 is 1.68 bits per heavy atom. The van der Waals surface area contributed by atoms with Crippen molar-refractivity contribution in [3.63, 3.8) is 0 Å². The molecular formula is C22H17ClFN3O2S2. The lowest BCUT2D eigenvalue weighted by atomic mass is 9.91. The Hall–Kier alpha value is -2.81. The summed E-state index contributed by atoms with van der Waals surface area (Å²) in [7, 11) is -3.97. The van der Waals surface area contributed by atoms with Crippen LogP contribution in [0, 0.1) is 5.82 Å². The lowest BCUT2D eigenvalue weighted by Gasteiger charge is -2.18. The van der Waals surface area contributed by atoms with Gasteiger partial charge in [-0.15, -0.1) is 0 Å². The lowest BCUT2D eigenvalue weighted by molar-refractivity contribution is 0.472. The summed E-state index contributed by atoms with van der Waals surface area (Å²) < 4.78 is 40.8. The fraction of sp³-hybridized carbons (Fsp3) is 0.0909. The first kappa shape index (κ1) is 21.4. The van der Waals surface area contributed by atoms with Gasteiger partial charge < -0.3 is 0 Å². The first-order valence-electron chi connectivity index (χ1n) is 9.33. The predicted octanol–water partition coefficient (Wildman–Crippen LogP) is 4.55. The van der Waals surface area contributed by atoms with E-state index < -0.39 is 15.8 Å². The number of sulfonamides is 1. The van der Waals surface area contributed by atoms with Crippen LogP contribution in [0.25, 0.3) is 0 Å². The van der Waals surface area contributed by atoms with Gasteiger partial charge in [-0.2, -0.15) is 5.10 Å². The Bertz CT molecular complexity index is 1230. The average Bonchev–Trinajstić information content (AvgIpc) is 3.21. The summed E-state index contributed by atoms with van der Waals surface area (Å²) >= 11 is 11.4. The standard InChI is InChI=1S/C22H17ClFN3O2S2/c23-17-8-6-16(7-9-17)21-20(15-4-2-1-3-5-15)14-27(25-21)22(30)26-31(28,29)19-12-10-18(24)11-13-19/h1-13,20H,14H2,(H,26,30). The molecule has 158 valence electrons. The summed E-state index contributed by atoms with van der Waals surface area (Å²) in [6.07, 6.45) is 0. The molecule has 0 aromatic heterocycles. The van der Waals surface area contributed by atoms with E-state index in [4.69, 9.17) is 23.8 Å². The van der Waals surface area contributed by atoms with E-state index >= 15 is 0 Å². The second-order valence-electron chi connectivity index (χ2n) is 6.90. The monoisotopic (exact) mass is 473 g/mol. The molecule has 5 nitrogen and oxygen atoms in total. The highest BCUT2D eigenvalue weighted by Gasteiger charge is 2.32. The van der Waals surface area contributed by atoms with Crippen LogP contribution in [-0.2, 0) is 10.0 Å². The van der Waals surface area contributed by atoms with Gasteiger partial charge in [-0.1, -0.05) is 54.1 Å². The Labute approximate surface area is 190 Å². The van der Waals surface area contributed by atoms with Crippen LogP contribution in [0.1, 0.15) is 17.0 Å². The van der Waals surface area contributed by atoms with Crippen molar-refractivity contribution in [1.82, 2.24) is 9.73 Å². The Morgan fingerprint density at radius 3 is 2.32 bits per heavy atom. The third-order valence-corrected chi connectivity index (χ3v) is 6.88. The van der Waals surface area contributed by atoms with Crippen molar-refractivity contribution in [2.24, 2.45) is 5.10 Å². The number of nitrogens with zero attached hydrogens (tertiary/aromatic N) is 2. The molecule has 0 bridgehead atoms. The van der Waals surface area contributed by atoms with Gasteiger partial charge in [0.25, 0.3) is 10.0 Å². The smallest absolute Gasteiger partial charge is 0.254 e. The van der Waals surface area contributed by atoms with Gasteiger partial charge >= 0.3 is 0 Å². The molecule has 1 aliphatic rings. The average molecular weight is 474 g/mol. The molecule has 0 fully saturated rings. The highest BCUT2D eigenvalue weighted by molar-refractivity contribution is 7.91. The van der Waals surface area contributed by atoms with Gasteiger partial charge in [-0.3, -0.25) is 4.72 Å². The molecule has 3 aromatic rings. The maximum atomic E-state index is 13.1. The molecule has 0 spiro atoms. The van der Waals surface area contributed by atoms with E-state index in [9.17, 15) is 12.8 Å². The van der Waals surface area contributed by atoms with Gasteiger partial charge in [0.05, 0.1) is 17.2 Å². The molecule has 3 aromatic carbocycles. The largest absolute Gasteiger partial charge is 0.263 e. The predicted molar refractivity (Wildman–Crippen MR) is 123 cm³/mol. The number of hydrogen-bond donors (Lipinski definition) is 1. The topological polar surface area (TPSA) is 61.8 Å². The Kier molecular flexibility index (Phi) is 6.04. The van der Waals surface area contributed by atoms with Crippen molar-refractivity contribution in [1.29, 1.82) is 0 Å². The number of thiocarbonyl (C=S) groups is 1. The second-order valence-corrected chi connectivity index (χ2v) is 9.41. The highest BCUT2D eigenvalue weighted by atomic mass is 35.5. The van der Waals surface area contributed by atoms with Crippen molar-refractivity contribution in [2.75, 3.05) is 6.54 Å². The van der Waals surface area contributed by atoms with Crippen molar-refractivity contribution < 1.29 is 12.8 Å². The molecule has 4 rings (SSSR count). The molecule has 0 radical (unpaired) electrons. The van der Waals surface area contributed by atoms with Crippen molar-refractivity contribution in [2.45, 2.75) is 10.8 Å². The summed E-state index contributed by atoms with van der Waals surface area (Å²) in [5, 5.41) is 6.62. The number of benzene rings is 3. The highest BCUT2D eigenvalue weighted by Crippen LogP contribution is 2.29. The van der Waals surface area contributed by atoms with Crippen LogP contribution in [0.15, 0.2) is 88.9 Å². The SMILES string of the molecule is O=S(=O)(NC(=S)N1CC(c2ccccc2)C(c2ccc(Cl)cc2)=N1)c1ccc(F)cc1. The fourth-order valence-corrected chi connectivity index (χ4v) is 4.81. The molecule has 1 N–H and O–H groups in total. The molecular weight excluding hydrogens is 457 g/mol. The van der Waals surface area contributed by atoms with Crippen LogP contribution in [-0.4, -0.2) is 30.8 Å². The number of hydrogen-bond acceptors (Lipinski definition) is 4. The van der Waals surface area contributed by atoms with E-state index in [1.165, 1.54) is 17.1 Å². The number of nitrogens with one attached hydrogen (secondary N) is 1. The van der Waals surface area contributed by atoms with Gasteiger partial charge in [0.1, 0.15) is 5.82 Å². The molecule has 1 unspecified atom stereocenters. The quantitative estimate of drug-likeness (QED) is 0.565. The van der Waals surface area contributed by atoms with Gasteiger partial charge in [0, 0.05) is 10.9 Å². The molecule has 0 amide bonds. The third-order valence-electron chi connectivity index (χ3n) is 4.84. The van der Waals surface area contributed by atoms with E-state index in [0.29, 0.717) is 11.6 Å². The van der Waals surface area contributed by atoms with Crippen LogP contribution in [0.5, 0.6) is 0 Å². The lowest BCUT2D eigenvalue weighted by Crippen LogP contribution is -2.39. The summed E-state index contributed by atoms with van der Waals surface area (Å²) in [5.41, 5.74) is 2.65. The van der Waals surface area contributed by atoms with Crippen LogP contribution in [0.4, 0.5) is 4.39 Å². The second kappa shape index (κ2) is 8.74. The van der Waals surface area contributed by atoms with Crippen LogP contribution in [0.2, 0.25) is 5.02 Å². The molecule has 9 heteroatoms. The molecule has 31 heavy (non-hydrogen) atoms. The van der Waals surface area contributed by atoms with Gasteiger partial charge in [0.15, 0.2) is 0 Å². The van der Waals surface area contributed by atoms with E-state index in [1.807, 2.05) is 42.5 Å². The Morgan fingerprint density at radius 1 is 1.03 bits per heavy atom. The van der Waals surface area contributed by atoms with E-state index in [1.54, 1.807) is 12.1 Å². The maximum absolute atomic E-state index is 13.1. The van der Waals surface area contributed by atoms with E-state index in [0.717, 1.165) is 29.0 Å². The van der Waals surface area contributed by atoms with Crippen LogP contribution >= 0.6 is 23.8 Å². The summed E-state index contributed by atoms with van der Waals surface area (Å²) in [5.74, 6) is -0.639. The fourth-order valence-electron chi connectivity index (χ4n) is 3.30.